The van der Waals surface area contributed by atoms with Crippen molar-refractivity contribution in [3.63, 3.8) is 0 Å². The van der Waals surface area contributed by atoms with Crippen LogP contribution < -0.4 is 5.32 Å². The van der Waals surface area contributed by atoms with Crippen LogP contribution in [0.4, 0.5) is 0 Å². The number of nitrogens with one attached hydrogen (secondary N) is 1. The number of esters is 1. The summed E-state index contributed by atoms with van der Waals surface area (Å²) in [6.07, 6.45) is 0.827. The summed E-state index contributed by atoms with van der Waals surface area (Å²) in [5, 5.41) is 13.0. The lowest BCUT2D eigenvalue weighted by atomic mass is 9.81. The van der Waals surface area contributed by atoms with Crippen molar-refractivity contribution >= 4 is 17.9 Å². The number of carboxylic acids is 1. The van der Waals surface area contributed by atoms with Gasteiger partial charge in [0.15, 0.2) is 0 Å². The molecule has 2 N–H and O–H groups in total. The molecule has 1 aliphatic rings. The summed E-state index contributed by atoms with van der Waals surface area (Å²) in [5.74, 6) is -2.94. The zero-order valence-corrected chi connectivity index (χ0v) is 18.6. The summed E-state index contributed by atoms with van der Waals surface area (Å²) in [5.41, 5.74) is -1.68. The number of hydrogen-bond acceptors (Lipinski definition) is 7. The smallest absolute Gasteiger partial charge is 0.373 e. The van der Waals surface area contributed by atoms with Crippen molar-refractivity contribution in [2.45, 2.75) is 84.1 Å². The molecule has 1 aliphatic heterocycles. The molecule has 8 heteroatoms. The number of hydrogen-bond donors (Lipinski definition) is 2. The second kappa shape index (κ2) is 8.35. The first-order chi connectivity index (χ1) is 13.6. The molecule has 0 atom stereocenters. The molecule has 1 heterocycles. The van der Waals surface area contributed by atoms with E-state index in [1.807, 2.05) is 27.7 Å². The van der Waals surface area contributed by atoms with Crippen LogP contribution in [0.15, 0.2) is 18.2 Å². The number of aromatic carboxylic acids is 1. The van der Waals surface area contributed by atoms with Crippen LogP contribution >= 0.6 is 0 Å². The van der Waals surface area contributed by atoms with Crippen molar-refractivity contribution in [2.24, 2.45) is 0 Å². The van der Waals surface area contributed by atoms with Gasteiger partial charge in [0.25, 0.3) is 0 Å². The van der Waals surface area contributed by atoms with Crippen LogP contribution in [0, 0.1) is 0 Å². The lowest BCUT2D eigenvalue weighted by molar-refractivity contribution is -0.301. The second-order valence-electron chi connectivity index (χ2n) is 9.96. The topological polar surface area (TPSA) is 111 Å². The second-order valence-corrected chi connectivity index (χ2v) is 9.96. The van der Waals surface area contributed by atoms with Crippen molar-refractivity contribution in [3.8, 4) is 0 Å². The molecule has 1 saturated heterocycles. The summed E-state index contributed by atoms with van der Waals surface area (Å²) >= 11 is 0. The average Bonchev–Trinajstić information content (AvgIpc) is 2.55. The molecule has 0 bridgehead atoms. The molecule has 0 aliphatic carbocycles. The highest BCUT2D eigenvalue weighted by atomic mass is 17.2. The van der Waals surface area contributed by atoms with Gasteiger partial charge >= 0.3 is 17.9 Å². The Hall–Kier alpha value is -2.45. The quantitative estimate of drug-likeness (QED) is 0.420. The molecule has 0 radical (unpaired) electrons. The van der Waals surface area contributed by atoms with Gasteiger partial charge in [0.05, 0.1) is 16.7 Å². The maximum atomic E-state index is 12.8. The molecule has 1 fully saturated rings. The summed E-state index contributed by atoms with van der Waals surface area (Å²) in [4.78, 5) is 46.3. The zero-order chi connectivity index (χ0) is 22.9. The van der Waals surface area contributed by atoms with Gasteiger partial charge in [-0.3, -0.25) is 4.89 Å². The normalized spacial score (nSPS) is 18.5. The molecule has 0 unspecified atom stereocenters. The fourth-order valence-electron chi connectivity index (χ4n) is 3.76. The molecular weight excluding hydrogens is 390 g/mol. The Morgan fingerprint density at radius 2 is 1.57 bits per heavy atom. The molecule has 0 amide bonds. The number of rotatable bonds is 5. The minimum absolute atomic E-state index is 0.0441. The maximum Gasteiger partial charge on any atom is 0.373 e. The summed E-state index contributed by atoms with van der Waals surface area (Å²) in [7, 11) is 0. The van der Waals surface area contributed by atoms with E-state index in [0.717, 1.165) is 6.07 Å². The van der Waals surface area contributed by atoms with E-state index in [1.165, 1.54) is 12.1 Å². The first-order valence-corrected chi connectivity index (χ1v) is 9.86. The first kappa shape index (κ1) is 23.8. The molecule has 0 spiro atoms. The largest absolute Gasteiger partial charge is 0.478 e. The average molecular weight is 421 g/mol. The Morgan fingerprint density at radius 3 is 2.07 bits per heavy atom. The van der Waals surface area contributed by atoms with Gasteiger partial charge in [0.2, 0.25) is 0 Å². The third-order valence-corrected chi connectivity index (χ3v) is 4.50. The Labute approximate surface area is 176 Å². The molecular formula is C22H31NO7. The van der Waals surface area contributed by atoms with E-state index in [4.69, 9.17) is 14.5 Å². The van der Waals surface area contributed by atoms with Crippen LogP contribution in [0.5, 0.6) is 0 Å². The highest BCUT2D eigenvalue weighted by Crippen LogP contribution is 2.31. The van der Waals surface area contributed by atoms with E-state index in [2.05, 4.69) is 5.32 Å². The summed E-state index contributed by atoms with van der Waals surface area (Å²) < 4.78 is 5.65. The van der Waals surface area contributed by atoms with E-state index in [-0.39, 0.29) is 33.9 Å². The Balaban J connectivity index is 2.21. The van der Waals surface area contributed by atoms with Crippen LogP contribution in [0.1, 0.15) is 92.4 Å². The van der Waals surface area contributed by atoms with Crippen molar-refractivity contribution < 1.29 is 34.0 Å². The highest BCUT2D eigenvalue weighted by molar-refractivity contribution is 6.04. The minimum atomic E-state index is -1.35. The van der Waals surface area contributed by atoms with Crippen LogP contribution in [0.25, 0.3) is 0 Å². The van der Waals surface area contributed by atoms with Gasteiger partial charge in [-0.25, -0.2) is 14.4 Å². The number of benzene rings is 1. The van der Waals surface area contributed by atoms with Gasteiger partial charge in [-0.05, 0) is 66.7 Å². The van der Waals surface area contributed by atoms with Crippen molar-refractivity contribution in [2.75, 3.05) is 0 Å². The van der Waals surface area contributed by atoms with Crippen molar-refractivity contribution in [1.29, 1.82) is 0 Å². The molecule has 2 rings (SSSR count). The lowest BCUT2D eigenvalue weighted by Gasteiger charge is -2.45. The predicted molar refractivity (Wildman–Crippen MR) is 109 cm³/mol. The van der Waals surface area contributed by atoms with E-state index in [1.54, 1.807) is 20.8 Å². The Bertz CT molecular complexity index is 820. The van der Waals surface area contributed by atoms with E-state index in [0.29, 0.717) is 12.8 Å². The van der Waals surface area contributed by atoms with Gasteiger partial charge in [-0.15, -0.1) is 0 Å². The van der Waals surface area contributed by atoms with Crippen molar-refractivity contribution in [3.05, 3.63) is 34.9 Å². The van der Waals surface area contributed by atoms with Gasteiger partial charge < -0.3 is 15.2 Å². The first-order valence-electron chi connectivity index (χ1n) is 9.86. The summed E-state index contributed by atoms with van der Waals surface area (Å²) in [6.45, 7) is 13.2. The standard InChI is InChI=1S/C22H31NO7/c1-20(2,3)30-29-18(26)13-8-9-15(16(10-13)17(24)25)19(27)28-14-11-21(4,5)23-22(6,7)12-14/h8-10,14,23H,11-12H2,1-7H3,(H,24,25). The van der Waals surface area contributed by atoms with Gasteiger partial charge in [-0.1, -0.05) is 0 Å². The fraction of sp³-hybridized carbons (Fsp3) is 0.591. The van der Waals surface area contributed by atoms with Crippen molar-refractivity contribution in [1.82, 2.24) is 5.32 Å². The maximum absolute atomic E-state index is 12.8. The Morgan fingerprint density at radius 1 is 1.00 bits per heavy atom. The van der Waals surface area contributed by atoms with Crippen LogP contribution in [0.3, 0.4) is 0 Å². The number of carbonyl (C=O) groups is 3. The Kier molecular flexibility index (Phi) is 6.63. The van der Waals surface area contributed by atoms with Gasteiger partial charge in [-0.2, -0.15) is 4.89 Å². The SMILES string of the molecule is CC1(C)CC(OC(=O)c2ccc(C(=O)OOC(C)(C)C)cc2C(=O)O)CC(C)(C)N1. The third kappa shape index (κ3) is 6.53. The third-order valence-electron chi connectivity index (χ3n) is 4.50. The molecule has 0 aromatic heterocycles. The highest BCUT2D eigenvalue weighted by Gasteiger charge is 2.39. The summed E-state index contributed by atoms with van der Waals surface area (Å²) in [6, 6.07) is 3.66. The van der Waals surface area contributed by atoms with Crippen LogP contribution in [-0.4, -0.2) is 45.8 Å². The molecule has 0 saturated carbocycles. The van der Waals surface area contributed by atoms with Gasteiger partial charge in [0, 0.05) is 23.9 Å². The molecule has 1 aromatic rings. The molecule has 1 aromatic carbocycles. The predicted octanol–water partition coefficient (Wildman–Crippen LogP) is 3.74. The van der Waals surface area contributed by atoms with Crippen LogP contribution in [0.2, 0.25) is 0 Å². The minimum Gasteiger partial charge on any atom is -0.478 e. The van der Waals surface area contributed by atoms with E-state index < -0.39 is 23.5 Å². The van der Waals surface area contributed by atoms with E-state index in [9.17, 15) is 19.5 Å². The fourth-order valence-corrected chi connectivity index (χ4v) is 3.76. The number of ether oxygens (including phenoxy) is 1. The lowest BCUT2D eigenvalue weighted by Crippen LogP contribution is -2.59. The van der Waals surface area contributed by atoms with E-state index >= 15 is 0 Å². The molecule has 8 nitrogen and oxygen atoms in total. The zero-order valence-electron chi connectivity index (χ0n) is 18.6. The monoisotopic (exact) mass is 421 g/mol. The number of carboxylic acid groups (broad SMARTS) is 1. The number of piperidine rings is 1. The molecule has 166 valence electrons. The van der Waals surface area contributed by atoms with Crippen LogP contribution in [-0.2, 0) is 14.5 Å². The molecule has 30 heavy (non-hydrogen) atoms. The van der Waals surface area contributed by atoms with Gasteiger partial charge in [0.1, 0.15) is 11.7 Å². The number of carbonyl (C=O) groups excluding carboxylic acids is 2.